The van der Waals surface area contributed by atoms with E-state index < -0.39 is 15.6 Å². The lowest BCUT2D eigenvalue weighted by Gasteiger charge is -2.20. The van der Waals surface area contributed by atoms with Crippen LogP contribution < -0.4 is 15.8 Å². The minimum absolute atomic E-state index is 0.0947. The second-order valence-corrected chi connectivity index (χ2v) is 6.82. The van der Waals surface area contributed by atoms with Crippen LogP contribution in [0.4, 0.5) is 5.69 Å². The number of carbonyl (C=O) groups excluding carboxylic acids is 1. The summed E-state index contributed by atoms with van der Waals surface area (Å²) in [6, 6.07) is 6.01. The van der Waals surface area contributed by atoms with Crippen LogP contribution >= 0.6 is 0 Å². The topological polar surface area (TPSA) is 101 Å². The second-order valence-electron chi connectivity index (χ2n) is 5.14. The zero-order valence-electron chi connectivity index (χ0n) is 11.2. The maximum absolute atomic E-state index is 12.1. The average molecular weight is 285 g/mol. The second kappa shape index (κ2) is 5.68. The molecule has 0 aliphatic carbocycles. The van der Waals surface area contributed by atoms with E-state index in [1.54, 1.807) is 32.9 Å². The average Bonchev–Trinajstić information content (AvgIpc) is 2.26. The third-order valence-corrected chi connectivity index (χ3v) is 3.81. The summed E-state index contributed by atoms with van der Waals surface area (Å²) in [7, 11) is -3.62. The van der Waals surface area contributed by atoms with Gasteiger partial charge >= 0.3 is 0 Å². The molecule has 4 N–H and O–H groups in total. The van der Waals surface area contributed by atoms with Crippen molar-refractivity contribution in [1.82, 2.24) is 4.72 Å². The van der Waals surface area contributed by atoms with Gasteiger partial charge in [-0.3, -0.25) is 4.79 Å². The summed E-state index contributed by atoms with van der Waals surface area (Å²) in [5, 5.41) is 2.51. The Kier molecular flexibility index (Phi) is 4.67. The van der Waals surface area contributed by atoms with Gasteiger partial charge in [-0.15, -0.1) is 0 Å². The van der Waals surface area contributed by atoms with Crippen LogP contribution in [-0.4, -0.2) is 26.4 Å². The van der Waals surface area contributed by atoms with Gasteiger partial charge in [-0.25, -0.2) is 13.1 Å². The lowest BCUT2D eigenvalue weighted by Crippen LogP contribution is -2.40. The molecule has 0 unspecified atom stereocenters. The molecular weight excluding hydrogens is 266 g/mol. The smallest absolute Gasteiger partial charge is 0.241 e. The Hall–Kier alpha value is -1.44. The summed E-state index contributed by atoms with van der Waals surface area (Å²) in [4.78, 5) is 11.3. The van der Waals surface area contributed by atoms with Gasteiger partial charge in [-0.05, 0) is 39.0 Å². The van der Waals surface area contributed by atoms with Crippen molar-refractivity contribution in [2.75, 3.05) is 11.9 Å². The molecule has 7 heteroatoms. The first-order chi connectivity index (χ1) is 8.64. The van der Waals surface area contributed by atoms with Gasteiger partial charge in [-0.2, -0.15) is 0 Å². The molecule has 0 heterocycles. The Morgan fingerprint density at radius 1 is 1.32 bits per heavy atom. The Morgan fingerprint density at radius 3 is 2.47 bits per heavy atom. The highest BCUT2D eigenvalue weighted by atomic mass is 32.2. The van der Waals surface area contributed by atoms with Gasteiger partial charge in [0.15, 0.2) is 0 Å². The largest absolute Gasteiger partial charge is 0.325 e. The molecule has 0 radical (unpaired) electrons. The minimum atomic E-state index is -3.62. The number of nitrogens with two attached hydrogens (primary N) is 1. The van der Waals surface area contributed by atoms with Crippen LogP contribution in [0.1, 0.15) is 20.8 Å². The first-order valence-electron chi connectivity index (χ1n) is 5.78. The molecule has 0 aliphatic rings. The highest BCUT2D eigenvalue weighted by Gasteiger charge is 2.22. The summed E-state index contributed by atoms with van der Waals surface area (Å²) in [6.45, 7) is 5.11. The summed E-state index contributed by atoms with van der Waals surface area (Å²) in [5.41, 5.74) is 5.01. The van der Waals surface area contributed by atoms with Crippen molar-refractivity contribution in [2.45, 2.75) is 31.2 Å². The molecule has 1 rings (SSSR count). The molecule has 0 saturated carbocycles. The lowest BCUT2D eigenvalue weighted by molar-refractivity contribution is -0.114. The van der Waals surface area contributed by atoms with Crippen LogP contribution in [0.3, 0.4) is 0 Å². The minimum Gasteiger partial charge on any atom is -0.325 e. The lowest BCUT2D eigenvalue weighted by atomic mass is 10.1. The van der Waals surface area contributed by atoms with Crippen molar-refractivity contribution in [3.8, 4) is 0 Å². The Balaban J connectivity index is 3.02. The fraction of sp³-hybridized carbons (Fsp3) is 0.417. The molecular formula is C12H19N3O3S. The molecule has 6 nitrogen and oxygen atoms in total. The third kappa shape index (κ3) is 4.98. The molecule has 1 aromatic carbocycles. The van der Waals surface area contributed by atoms with Crippen LogP contribution in [0.25, 0.3) is 0 Å². The van der Waals surface area contributed by atoms with E-state index in [0.29, 0.717) is 5.69 Å². The normalized spacial score (nSPS) is 12.2. The molecule has 0 atom stereocenters. The highest BCUT2D eigenvalue weighted by molar-refractivity contribution is 7.89. The van der Waals surface area contributed by atoms with Gasteiger partial charge in [0.25, 0.3) is 0 Å². The van der Waals surface area contributed by atoms with E-state index >= 15 is 0 Å². The van der Waals surface area contributed by atoms with Crippen molar-refractivity contribution in [3.63, 3.8) is 0 Å². The van der Waals surface area contributed by atoms with Gasteiger partial charge < -0.3 is 11.1 Å². The molecule has 19 heavy (non-hydrogen) atoms. The van der Waals surface area contributed by atoms with Crippen molar-refractivity contribution < 1.29 is 13.2 Å². The first kappa shape index (κ1) is 15.6. The van der Waals surface area contributed by atoms with E-state index in [-0.39, 0.29) is 17.3 Å². The Bertz CT molecular complexity index is 562. The summed E-state index contributed by atoms with van der Waals surface area (Å²) in [6.07, 6.45) is 0. The van der Waals surface area contributed by atoms with Gasteiger partial charge in [0.05, 0.1) is 11.4 Å². The zero-order valence-corrected chi connectivity index (χ0v) is 12.0. The van der Waals surface area contributed by atoms with Crippen molar-refractivity contribution in [1.29, 1.82) is 0 Å². The fourth-order valence-corrected chi connectivity index (χ4v) is 2.88. The number of hydrogen-bond donors (Lipinski definition) is 3. The zero-order chi connectivity index (χ0) is 14.7. The van der Waals surface area contributed by atoms with E-state index in [1.807, 2.05) is 0 Å². The maximum Gasteiger partial charge on any atom is 0.241 e. The standard InChI is InChI=1S/C12H19N3O3S/c1-12(2,3)15-19(17,18)10-6-4-5-9(7-10)14-11(16)8-13/h4-7,15H,8,13H2,1-3H3,(H,14,16). The molecule has 106 valence electrons. The maximum atomic E-state index is 12.1. The monoisotopic (exact) mass is 285 g/mol. The Labute approximate surface area is 113 Å². The molecule has 0 aliphatic heterocycles. The predicted molar refractivity (Wildman–Crippen MR) is 74.2 cm³/mol. The van der Waals surface area contributed by atoms with Crippen molar-refractivity contribution in [3.05, 3.63) is 24.3 Å². The quantitative estimate of drug-likeness (QED) is 0.756. The van der Waals surface area contributed by atoms with E-state index in [0.717, 1.165) is 0 Å². The molecule has 0 spiro atoms. The van der Waals surface area contributed by atoms with Crippen LogP contribution in [0.15, 0.2) is 29.2 Å². The van der Waals surface area contributed by atoms with Gasteiger partial charge in [-0.1, -0.05) is 6.07 Å². The Morgan fingerprint density at radius 2 is 1.95 bits per heavy atom. The number of hydrogen-bond acceptors (Lipinski definition) is 4. The predicted octanol–water partition coefficient (Wildman–Crippen LogP) is 0.661. The van der Waals surface area contributed by atoms with Crippen molar-refractivity contribution >= 4 is 21.6 Å². The number of anilines is 1. The van der Waals surface area contributed by atoms with E-state index in [1.165, 1.54) is 12.1 Å². The van der Waals surface area contributed by atoms with Gasteiger partial charge in [0, 0.05) is 11.2 Å². The summed E-state index contributed by atoms with van der Waals surface area (Å²) >= 11 is 0. The number of amides is 1. The number of carbonyl (C=O) groups is 1. The van der Waals surface area contributed by atoms with E-state index in [4.69, 9.17) is 5.73 Å². The first-order valence-corrected chi connectivity index (χ1v) is 7.26. The molecule has 0 fully saturated rings. The molecule has 0 saturated heterocycles. The summed E-state index contributed by atoms with van der Waals surface area (Å²) in [5.74, 6) is -0.377. The number of rotatable bonds is 4. The number of sulfonamides is 1. The number of nitrogens with one attached hydrogen (secondary N) is 2. The van der Waals surface area contributed by atoms with Gasteiger partial charge in [0.2, 0.25) is 15.9 Å². The fourth-order valence-electron chi connectivity index (χ4n) is 1.42. The highest BCUT2D eigenvalue weighted by Crippen LogP contribution is 2.17. The molecule has 0 bridgehead atoms. The van der Waals surface area contributed by atoms with Crippen molar-refractivity contribution in [2.24, 2.45) is 5.73 Å². The SMILES string of the molecule is CC(C)(C)NS(=O)(=O)c1cccc(NC(=O)CN)c1. The number of benzene rings is 1. The van der Waals surface area contributed by atoms with Crippen LogP contribution in [0, 0.1) is 0 Å². The molecule has 1 aromatic rings. The third-order valence-electron chi connectivity index (χ3n) is 2.05. The molecule has 0 aromatic heterocycles. The van der Waals surface area contributed by atoms with Crippen LogP contribution in [0.5, 0.6) is 0 Å². The van der Waals surface area contributed by atoms with E-state index in [9.17, 15) is 13.2 Å². The van der Waals surface area contributed by atoms with E-state index in [2.05, 4.69) is 10.0 Å². The van der Waals surface area contributed by atoms with Gasteiger partial charge in [0.1, 0.15) is 0 Å². The van der Waals surface area contributed by atoms with Crippen LogP contribution in [-0.2, 0) is 14.8 Å². The summed E-state index contributed by atoms with van der Waals surface area (Å²) < 4.78 is 26.8. The molecule has 1 amide bonds. The van der Waals surface area contributed by atoms with Crippen LogP contribution in [0.2, 0.25) is 0 Å².